The molecular formula is C28H22N2O. The normalized spacial score (nSPS) is 19.2. The SMILES string of the molecule is c1ccc(-c2ccc(C3=NN4[C@H](C3)c3ccccc3O[C@@H]4c3ccccc3)cc2)cc1. The van der Waals surface area contributed by atoms with Crippen molar-refractivity contribution >= 4 is 5.71 Å². The van der Waals surface area contributed by atoms with Crippen LogP contribution in [-0.4, -0.2) is 10.7 Å². The van der Waals surface area contributed by atoms with E-state index in [2.05, 4.69) is 96.0 Å². The van der Waals surface area contributed by atoms with Crippen molar-refractivity contribution in [1.29, 1.82) is 0 Å². The second-order valence-corrected chi connectivity index (χ2v) is 8.01. The third-order valence-electron chi connectivity index (χ3n) is 6.11. The van der Waals surface area contributed by atoms with Gasteiger partial charge in [-0.2, -0.15) is 5.10 Å². The Balaban J connectivity index is 1.37. The molecule has 0 saturated carbocycles. The van der Waals surface area contributed by atoms with Crippen molar-refractivity contribution < 1.29 is 4.74 Å². The molecule has 0 bridgehead atoms. The van der Waals surface area contributed by atoms with Crippen LogP contribution in [0.4, 0.5) is 0 Å². The van der Waals surface area contributed by atoms with Crippen molar-refractivity contribution in [2.75, 3.05) is 0 Å². The number of ether oxygens (including phenoxy) is 1. The van der Waals surface area contributed by atoms with Gasteiger partial charge in [0.2, 0.25) is 6.23 Å². The van der Waals surface area contributed by atoms with Gasteiger partial charge in [-0.15, -0.1) is 0 Å². The molecule has 6 rings (SSSR count). The monoisotopic (exact) mass is 402 g/mol. The molecule has 0 aliphatic carbocycles. The van der Waals surface area contributed by atoms with E-state index in [0.29, 0.717) is 0 Å². The van der Waals surface area contributed by atoms with E-state index in [1.165, 1.54) is 22.3 Å². The number of rotatable bonds is 3. The first-order valence-electron chi connectivity index (χ1n) is 10.7. The quantitative estimate of drug-likeness (QED) is 0.386. The molecule has 4 aromatic rings. The molecule has 0 N–H and O–H groups in total. The summed E-state index contributed by atoms with van der Waals surface area (Å²) in [5, 5.41) is 7.20. The van der Waals surface area contributed by atoms with E-state index < -0.39 is 0 Å². The highest BCUT2D eigenvalue weighted by atomic mass is 16.5. The van der Waals surface area contributed by atoms with Gasteiger partial charge in [0.15, 0.2) is 0 Å². The second kappa shape index (κ2) is 7.44. The van der Waals surface area contributed by atoms with Crippen LogP contribution >= 0.6 is 0 Å². The van der Waals surface area contributed by atoms with Crippen LogP contribution in [0.2, 0.25) is 0 Å². The standard InChI is InChI=1S/C28H22N2O/c1-3-9-20(10-4-1)21-15-17-22(18-16-21)25-19-26-24-13-7-8-14-27(24)31-28(30(26)29-25)23-11-5-2-6-12-23/h1-18,26,28H,19H2/t26-,28-/m1/s1. The van der Waals surface area contributed by atoms with Gasteiger partial charge in [-0.05, 0) is 22.8 Å². The lowest BCUT2D eigenvalue weighted by atomic mass is 9.95. The third kappa shape index (κ3) is 3.19. The topological polar surface area (TPSA) is 24.8 Å². The van der Waals surface area contributed by atoms with Gasteiger partial charge in [-0.1, -0.05) is 103 Å². The highest BCUT2D eigenvalue weighted by molar-refractivity contribution is 6.02. The zero-order valence-electron chi connectivity index (χ0n) is 17.1. The summed E-state index contributed by atoms with van der Waals surface area (Å²) in [6, 6.07) is 38.1. The minimum Gasteiger partial charge on any atom is -0.464 e. The number of para-hydroxylation sites is 1. The Hall–Kier alpha value is -3.85. The van der Waals surface area contributed by atoms with Crippen LogP contribution in [-0.2, 0) is 0 Å². The summed E-state index contributed by atoms with van der Waals surface area (Å²) < 4.78 is 6.41. The van der Waals surface area contributed by atoms with Gasteiger partial charge in [0.05, 0.1) is 11.8 Å². The van der Waals surface area contributed by atoms with Crippen molar-refractivity contribution in [3.63, 3.8) is 0 Å². The van der Waals surface area contributed by atoms with Crippen LogP contribution in [0.3, 0.4) is 0 Å². The number of nitrogens with zero attached hydrogens (tertiary/aromatic N) is 2. The molecule has 3 heteroatoms. The second-order valence-electron chi connectivity index (χ2n) is 8.01. The van der Waals surface area contributed by atoms with E-state index >= 15 is 0 Å². The summed E-state index contributed by atoms with van der Waals surface area (Å²) >= 11 is 0. The molecule has 4 aromatic carbocycles. The molecule has 0 aromatic heterocycles. The molecule has 2 atom stereocenters. The summed E-state index contributed by atoms with van der Waals surface area (Å²) in [7, 11) is 0. The van der Waals surface area contributed by atoms with Crippen molar-refractivity contribution in [3.8, 4) is 16.9 Å². The number of hydrogen-bond acceptors (Lipinski definition) is 3. The smallest absolute Gasteiger partial charge is 0.213 e. The maximum absolute atomic E-state index is 6.41. The average molecular weight is 402 g/mol. The average Bonchev–Trinajstić information content (AvgIpc) is 3.31. The summed E-state index contributed by atoms with van der Waals surface area (Å²) in [6.07, 6.45) is 0.649. The minimum atomic E-state index is -0.220. The Morgan fingerprint density at radius 3 is 2.03 bits per heavy atom. The molecule has 0 radical (unpaired) electrons. The van der Waals surface area contributed by atoms with Crippen molar-refractivity contribution in [3.05, 3.63) is 126 Å². The van der Waals surface area contributed by atoms with Crippen LogP contribution in [0.15, 0.2) is 114 Å². The summed E-state index contributed by atoms with van der Waals surface area (Å²) in [6.45, 7) is 0. The molecule has 2 heterocycles. The van der Waals surface area contributed by atoms with Crippen LogP contribution in [0.1, 0.15) is 35.4 Å². The first kappa shape index (κ1) is 18.0. The van der Waals surface area contributed by atoms with Crippen LogP contribution in [0.25, 0.3) is 11.1 Å². The molecule has 3 nitrogen and oxygen atoms in total. The molecule has 0 saturated heterocycles. The Kier molecular flexibility index (Phi) is 4.31. The lowest BCUT2D eigenvalue weighted by molar-refractivity contribution is -0.0190. The fourth-order valence-electron chi connectivity index (χ4n) is 4.53. The maximum atomic E-state index is 6.41. The van der Waals surface area contributed by atoms with Crippen molar-refractivity contribution in [1.82, 2.24) is 5.01 Å². The van der Waals surface area contributed by atoms with Crippen molar-refractivity contribution in [2.24, 2.45) is 5.10 Å². The van der Waals surface area contributed by atoms with Gasteiger partial charge in [-0.25, -0.2) is 5.01 Å². The van der Waals surface area contributed by atoms with E-state index in [1.807, 2.05) is 18.2 Å². The summed E-state index contributed by atoms with van der Waals surface area (Å²) in [5.41, 5.74) is 7.03. The lowest BCUT2D eigenvalue weighted by Crippen LogP contribution is -2.33. The molecule has 0 fully saturated rings. The zero-order valence-corrected chi connectivity index (χ0v) is 17.1. The number of fused-ring (bicyclic) bond motifs is 3. The fourth-order valence-corrected chi connectivity index (χ4v) is 4.53. The Morgan fingerprint density at radius 1 is 0.645 bits per heavy atom. The first-order valence-corrected chi connectivity index (χ1v) is 10.7. The predicted molar refractivity (Wildman–Crippen MR) is 124 cm³/mol. The predicted octanol–water partition coefficient (Wildman–Crippen LogP) is 6.60. The minimum absolute atomic E-state index is 0.180. The van der Waals surface area contributed by atoms with Crippen molar-refractivity contribution in [2.45, 2.75) is 18.7 Å². The Labute approximate surface area is 182 Å². The number of hydrogen-bond donors (Lipinski definition) is 0. The van der Waals surface area contributed by atoms with Gasteiger partial charge in [0, 0.05) is 17.5 Å². The molecule has 2 aliphatic rings. The summed E-state index contributed by atoms with van der Waals surface area (Å²) in [4.78, 5) is 0. The molecule has 2 aliphatic heterocycles. The Morgan fingerprint density at radius 2 is 1.26 bits per heavy atom. The van der Waals surface area contributed by atoms with E-state index in [1.54, 1.807) is 0 Å². The van der Waals surface area contributed by atoms with E-state index in [4.69, 9.17) is 9.84 Å². The first-order chi connectivity index (χ1) is 15.4. The number of benzene rings is 4. The Bertz CT molecular complexity index is 1230. The van der Waals surface area contributed by atoms with E-state index in [0.717, 1.165) is 23.4 Å². The molecular weight excluding hydrogens is 380 g/mol. The van der Waals surface area contributed by atoms with E-state index in [9.17, 15) is 0 Å². The van der Waals surface area contributed by atoms with Gasteiger partial charge < -0.3 is 4.74 Å². The van der Waals surface area contributed by atoms with Gasteiger partial charge in [0.1, 0.15) is 5.75 Å². The van der Waals surface area contributed by atoms with Gasteiger partial charge in [0.25, 0.3) is 0 Å². The molecule has 0 amide bonds. The highest BCUT2D eigenvalue weighted by Crippen LogP contribution is 2.47. The maximum Gasteiger partial charge on any atom is 0.213 e. The third-order valence-corrected chi connectivity index (χ3v) is 6.11. The fraction of sp³-hybridized carbons (Fsp3) is 0.107. The van der Waals surface area contributed by atoms with Gasteiger partial charge in [-0.3, -0.25) is 0 Å². The van der Waals surface area contributed by atoms with Crippen LogP contribution in [0.5, 0.6) is 5.75 Å². The number of hydrazone groups is 1. The summed E-state index contributed by atoms with van der Waals surface area (Å²) in [5.74, 6) is 0.952. The molecule has 31 heavy (non-hydrogen) atoms. The highest BCUT2D eigenvalue weighted by Gasteiger charge is 2.40. The van der Waals surface area contributed by atoms with E-state index in [-0.39, 0.29) is 12.3 Å². The van der Waals surface area contributed by atoms with Crippen LogP contribution < -0.4 is 4.74 Å². The van der Waals surface area contributed by atoms with Crippen LogP contribution in [0, 0.1) is 0 Å². The largest absolute Gasteiger partial charge is 0.464 e. The molecule has 0 unspecified atom stereocenters. The molecule has 150 valence electrons. The molecule has 0 spiro atoms. The van der Waals surface area contributed by atoms with Gasteiger partial charge >= 0.3 is 0 Å². The zero-order chi connectivity index (χ0) is 20.6. The lowest BCUT2D eigenvalue weighted by Gasteiger charge is -2.38.